The third kappa shape index (κ3) is 2.58. The Balaban J connectivity index is 2.25. The van der Waals surface area contributed by atoms with Crippen LogP contribution in [0.3, 0.4) is 0 Å². The van der Waals surface area contributed by atoms with Crippen molar-refractivity contribution in [3.8, 4) is 11.3 Å². The van der Waals surface area contributed by atoms with Crippen LogP contribution >= 0.6 is 24.0 Å². The number of thiol groups is 1. The number of aromatic nitrogens is 1. The fourth-order valence-corrected chi connectivity index (χ4v) is 2.45. The van der Waals surface area contributed by atoms with Gasteiger partial charge in [-0.05, 0) is 30.0 Å². The maximum atomic E-state index is 12.7. The molecule has 1 nitrogen and oxygen atoms in total. The molecule has 0 fully saturated rings. The Bertz CT molecular complexity index is 436. The number of benzene rings is 1. The van der Waals surface area contributed by atoms with Crippen LogP contribution in [0.1, 0.15) is 5.01 Å². The van der Waals surface area contributed by atoms with Gasteiger partial charge in [0.2, 0.25) is 0 Å². The van der Waals surface area contributed by atoms with Gasteiger partial charge < -0.3 is 0 Å². The third-order valence-corrected chi connectivity index (χ3v) is 3.15. The lowest BCUT2D eigenvalue weighted by Crippen LogP contribution is -1.85. The Morgan fingerprint density at radius 2 is 2.00 bits per heavy atom. The van der Waals surface area contributed by atoms with E-state index in [0.717, 1.165) is 28.4 Å². The molecule has 1 aromatic carbocycles. The molecular weight excluding hydrogens is 229 g/mol. The summed E-state index contributed by atoms with van der Waals surface area (Å²) in [5.74, 6) is 0.584. The number of hydrogen-bond donors (Lipinski definition) is 1. The van der Waals surface area contributed by atoms with Crippen LogP contribution in [0.5, 0.6) is 0 Å². The van der Waals surface area contributed by atoms with Gasteiger partial charge in [-0.25, -0.2) is 9.37 Å². The largest absolute Gasteiger partial charge is 0.241 e. The highest BCUT2D eigenvalue weighted by Crippen LogP contribution is 2.22. The molecule has 0 aliphatic carbocycles. The molecule has 0 spiro atoms. The predicted octanol–water partition coefficient (Wildman–Crippen LogP) is 3.42. The van der Waals surface area contributed by atoms with Crippen molar-refractivity contribution in [2.24, 2.45) is 0 Å². The van der Waals surface area contributed by atoms with E-state index in [2.05, 4.69) is 17.6 Å². The van der Waals surface area contributed by atoms with Crippen LogP contribution in [0.25, 0.3) is 11.3 Å². The molecule has 0 atom stereocenters. The lowest BCUT2D eigenvalue weighted by atomic mass is 10.2. The van der Waals surface area contributed by atoms with Crippen molar-refractivity contribution in [3.63, 3.8) is 0 Å². The maximum absolute atomic E-state index is 12.7. The molecule has 78 valence electrons. The Labute approximate surface area is 97.4 Å². The van der Waals surface area contributed by atoms with Crippen LogP contribution in [0.15, 0.2) is 29.6 Å². The first-order chi connectivity index (χ1) is 7.29. The Hall–Kier alpha value is -0.870. The normalized spacial score (nSPS) is 10.5. The highest BCUT2D eigenvalue weighted by Gasteiger charge is 2.03. The summed E-state index contributed by atoms with van der Waals surface area (Å²) < 4.78 is 12.7. The van der Waals surface area contributed by atoms with Crippen LogP contribution in [-0.2, 0) is 6.42 Å². The van der Waals surface area contributed by atoms with Gasteiger partial charge in [0.1, 0.15) is 5.82 Å². The predicted molar refractivity (Wildman–Crippen MR) is 65.1 cm³/mol. The summed E-state index contributed by atoms with van der Waals surface area (Å²) in [6.07, 6.45) is 0.884. The van der Waals surface area contributed by atoms with E-state index >= 15 is 0 Å². The van der Waals surface area contributed by atoms with E-state index in [-0.39, 0.29) is 5.82 Å². The minimum absolute atomic E-state index is 0.218. The van der Waals surface area contributed by atoms with Crippen molar-refractivity contribution in [1.82, 2.24) is 4.98 Å². The summed E-state index contributed by atoms with van der Waals surface area (Å²) in [6, 6.07) is 6.39. The van der Waals surface area contributed by atoms with Crippen LogP contribution < -0.4 is 0 Å². The smallest absolute Gasteiger partial charge is 0.123 e. The second-order valence-corrected chi connectivity index (χ2v) is 4.50. The minimum Gasteiger partial charge on any atom is -0.241 e. The zero-order chi connectivity index (χ0) is 10.7. The monoisotopic (exact) mass is 239 g/mol. The van der Waals surface area contributed by atoms with Crippen molar-refractivity contribution in [3.05, 3.63) is 40.5 Å². The molecule has 0 aliphatic heterocycles. The Morgan fingerprint density at radius 1 is 1.27 bits per heavy atom. The Kier molecular flexibility index (Phi) is 3.38. The molecule has 0 saturated heterocycles. The summed E-state index contributed by atoms with van der Waals surface area (Å²) >= 11 is 5.78. The summed E-state index contributed by atoms with van der Waals surface area (Å²) in [5, 5.41) is 3.07. The van der Waals surface area contributed by atoms with E-state index in [4.69, 9.17) is 0 Å². The lowest BCUT2D eigenvalue weighted by Gasteiger charge is -1.95. The number of hydrogen-bond acceptors (Lipinski definition) is 3. The zero-order valence-corrected chi connectivity index (χ0v) is 9.69. The highest BCUT2D eigenvalue weighted by molar-refractivity contribution is 7.80. The molecule has 0 unspecified atom stereocenters. The van der Waals surface area contributed by atoms with E-state index < -0.39 is 0 Å². The molecule has 2 aromatic rings. The van der Waals surface area contributed by atoms with Gasteiger partial charge in [0.05, 0.1) is 10.7 Å². The quantitative estimate of drug-likeness (QED) is 0.810. The SMILES string of the molecule is Fc1ccc(-c2csc(CCS)n2)cc1. The highest BCUT2D eigenvalue weighted by atomic mass is 32.1. The molecule has 15 heavy (non-hydrogen) atoms. The van der Waals surface area contributed by atoms with Gasteiger partial charge in [-0.2, -0.15) is 12.6 Å². The van der Waals surface area contributed by atoms with Gasteiger partial charge in [0.25, 0.3) is 0 Å². The summed E-state index contributed by atoms with van der Waals surface area (Å²) in [5.41, 5.74) is 1.87. The van der Waals surface area contributed by atoms with E-state index in [1.165, 1.54) is 12.1 Å². The van der Waals surface area contributed by atoms with Crippen molar-refractivity contribution >= 4 is 24.0 Å². The molecule has 0 radical (unpaired) electrons. The van der Waals surface area contributed by atoms with Crippen molar-refractivity contribution < 1.29 is 4.39 Å². The van der Waals surface area contributed by atoms with Crippen molar-refractivity contribution in [2.45, 2.75) is 6.42 Å². The second-order valence-electron chi connectivity index (χ2n) is 3.11. The first kappa shape index (κ1) is 10.6. The van der Waals surface area contributed by atoms with Crippen LogP contribution in [0.2, 0.25) is 0 Å². The van der Waals surface area contributed by atoms with E-state index in [1.54, 1.807) is 23.5 Å². The topological polar surface area (TPSA) is 12.9 Å². The molecule has 0 aliphatic rings. The molecule has 0 N–H and O–H groups in total. The molecule has 1 heterocycles. The van der Waals surface area contributed by atoms with Gasteiger partial charge in [-0.15, -0.1) is 11.3 Å². The molecule has 2 rings (SSSR count). The fraction of sp³-hybridized carbons (Fsp3) is 0.182. The van der Waals surface area contributed by atoms with E-state index in [0.29, 0.717) is 0 Å². The van der Waals surface area contributed by atoms with E-state index in [1.807, 2.05) is 5.38 Å². The van der Waals surface area contributed by atoms with Crippen molar-refractivity contribution in [1.29, 1.82) is 0 Å². The fourth-order valence-electron chi connectivity index (χ4n) is 1.27. The average molecular weight is 239 g/mol. The lowest BCUT2D eigenvalue weighted by molar-refractivity contribution is 0.628. The van der Waals surface area contributed by atoms with Crippen LogP contribution in [0.4, 0.5) is 4.39 Å². The molecule has 1 aromatic heterocycles. The van der Waals surface area contributed by atoms with Crippen LogP contribution in [-0.4, -0.2) is 10.7 Å². The molecular formula is C11H10FNS2. The van der Waals surface area contributed by atoms with Crippen molar-refractivity contribution in [2.75, 3.05) is 5.75 Å². The van der Waals surface area contributed by atoms with Gasteiger partial charge in [-0.1, -0.05) is 0 Å². The Morgan fingerprint density at radius 3 is 2.67 bits per heavy atom. The number of rotatable bonds is 3. The number of nitrogens with zero attached hydrogens (tertiary/aromatic N) is 1. The summed E-state index contributed by atoms with van der Waals surface area (Å²) in [4.78, 5) is 4.45. The maximum Gasteiger partial charge on any atom is 0.123 e. The first-order valence-corrected chi connectivity index (χ1v) is 6.12. The van der Waals surface area contributed by atoms with Gasteiger partial charge in [0.15, 0.2) is 0 Å². The second kappa shape index (κ2) is 4.77. The summed E-state index contributed by atoms with van der Waals surface area (Å²) in [6.45, 7) is 0. The summed E-state index contributed by atoms with van der Waals surface area (Å²) in [7, 11) is 0. The van der Waals surface area contributed by atoms with Gasteiger partial charge >= 0.3 is 0 Å². The molecule has 4 heteroatoms. The number of halogens is 1. The van der Waals surface area contributed by atoms with E-state index in [9.17, 15) is 4.39 Å². The number of thiazole rings is 1. The standard InChI is InChI=1S/C11H10FNS2/c12-9-3-1-8(2-4-9)10-7-15-11(13-10)5-6-14/h1-4,7,14H,5-6H2. The molecule has 0 amide bonds. The number of aryl methyl sites for hydroxylation is 1. The molecule has 0 saturated carbocycles. The molecule has 0 bridgehead atoms. The zero-order valence-electron chi connectivity index (χ0n) is 7.98. The van der Waals surface area contributed by atoms with Crippen LogP contribution in [0, 0.1) is 5.82 Å². The van der Waals surface area contributed by atoms with Gasteiger partial charge in [-0.3, -0.25) is 0 Å². The average Bonchev–Trinajstić information content (AvgIpc) is 2.68. The minimum atomic E-state index is -0.218. The third-order valence-electron chi connectivity index (χ3n) is 2.02. The first-order valence-electron chi connectivity index (χ1n) is 4.61. The van der Waals surface area contributed by atoms with Gasteiger partial charge in [0, 0.05) is 17.4 Å².